The summed E-state index contributed by atoms with van der Waals surface area (Å²) in [5, 5.41) is 12.2. The molecule has 0 spiro atoms. The lowest BCUT2D eigenvalue weighted by molar-refractivity contribution is -0.305. The number of carbonyl (C=O) groups is 1. The highest BCUT2D eigenvalue weighted by atomic mass is 32.1. The van der Waals surface area contributed by atoms with Gasteiger partial charge in [-0.1, -0.05) is 48.5 Å². The maximum absolute atomic E-state index is 11.0. The monoisotopic (exact) mass is 557 g/mol. The van der Waals surface area contributed by atoms with Crippen molar-refractivity contribution >= 4 is 33.4 Å². The Morgan fingerprint density at radius 1 is 0.900 bits per heavy atom. The van der Waals surface area contributed by atoms with Gasteiger partial charge in [0.15, 0.2) is 0 Å². The Kier molecular flexibility index (Phi) is 9.65. The summed E-state index contributed by atoms with van der Waals surface area (Å²) >= 11 is 1.58. The normalized spacial score (nSPS) is 14.1. The molecule has 0 atom stereocenters. The fourth-order valence-electron chi connectivity index (χ4n) is 5.38. The summed E-state index contributed by atoms with van der Waals surface area (Å²) in [6, 6.07) is 23.1. The molecule has 5 rings (SSSR count). The fourth-order valence-corrected chi connectivity index (χ4v) is 6.18. The van der Waals surface area contributed by atoms with Gasteiger partial charge in [-0.25, -0.2) is 0 Å². The Morgan fingerprint density at radius 2 is 1.60 bits per heavy atom. The van der Waals surface area contributed by atoms with Crippen LogP contribution in [0.25, 0.3) is 10.1 Å². The fraction of sp³-hybridized carbons (Fsp3) is 0.375. The molecule has 1 fully saturated rings. The Morgan fingerprint density at radius 3 is 2.38 bits per heavy atom. The first kappa shape index (κ1) is 28.1. The van der Waals surface area contributed by atoms with Crippen molar-refractivity contribution in [1.29, 1.82) is 0 Å². The zero-order valence-electron chi connectivity index (χ0n) is 22.9. The number of piperazine rings is 1. The predicted octanol–water partition coefficient (Wildman–Crippen LogP) is 3.47. The second kappa shape index (κ2) is 13.7. The van der Waals surface area contributed by atoms with Crippen LogP contribution in [0.5, 0.6) is 5.75 Å². The number of carboxylic acids is 1. The SMILES string of the molecule is NCCc1cc(CCC(=O)[O-])cc(CCc2ccccc2OCCN2CCN(c3nsc4ccccc34)CC2)c1. The summed E-state index contributed by atoms with van der Waals surface area (Å²) in [6.07, 6.45) is 2.98. The van der Waals surface area contributed by atoms with Crippen LogP contribution in [-0.4, -0.2) is 61.1 Å². The van der Waals surface area contributed by atoms with Crippen molar-refractivity contribution in [2.45, 2.75) is 32.1 Å². The van der Waals surface area contributed by atoms with Gasteiger partial charge in [0.2, 0.25) is 0 Å². The van der Waals surface area contributed by atoms with Crippen LogP contribution in [0, 0.1) is 0 Å². The number of nitrogens with two attached hydrogens (primary N) is 1. The molecule has 1 aliphatic heterocycles. The minimum atomic E-state index is -1.02. The Hall–Kier alpha value is -3.46. The first-order valence-electron chi connectivity index (χ1n) is 14.1. The van der Waals surface area contributed by atoms with Crippen molar-refractivity contribution in [3.05, 3.63) is 89.0 Å². The third-order valence-electron chi connectivity index (χ3n) is 7.51. The molecule has 0 aliphatic carbocycles. The summed E-state index contributed by atoms with van der Waals surface area (Å²) in [4.78, 5) is 15.8. The number of carboxylic acid groups (broad SMARTS) is 1. The molecule has 3 aromatic carbocycles. The first-order chi connectivity index (χ1) is 19.6. The number of fused-ring (bicyclic) bond motifs is 1. The van der Waals surface area contributed by atoms with Crippen molar-refractivity contribution in [3.8, 4) is 5.75 Å². The highest BCUT2D eigenvalue weighted by Gasteiger charge is 2.20. The maximum Gasteiger partial charge on any atom is 0.150 e. The molecule has 7 nitrogen and oxygen atoms in total. The van der Waals surface area contributed by atoms with Gasteiger partial charge in [0, 0.05) is 44.1 Å². The maximum atomic E-state index is 11.0. The van der Waals surface area contributed by atoms with Crippen molar-refractivity contribution in [2.24, 2.45) is 5.73 Å². The lowest BCUT2D eigenvalue weighted by atomic mass is 9.96. The number of aliphatic carboxylic acids is 1. The second-order valence-corrected chi connectivity index (χ2v) is 11.2. The number of rotatable bonds is 13. The minimum Gasteiger partial charge on any atom is -0.550 e. The van der Waals surface area contributed by atoms with E-state index in [1.807, 2.05) is 6.07 Å². The Labute approximate surface area is 240 Å². The van der Waals surface area contributed by atoms with Crippen LogP contribution in [-0.2, 0) is 30.5 Å². The Bertz CT molecular complexity index is 1410. The molecule has 1 aliphatic rings. The molecular weight excluding hydrogens is 520 g/mol. The number of carbonyl (C=O) groups excluding carboxylic acids is 1. The predicted molar refractivity (Wildman–Crippen MR) is 160 cm³/mol. The van der Waals surface area contributed by atoms with Gasteiger partial charge in [-0.05, 0) is 90.6 Å². The van der Waals surface area contributed by atoms with Gasteiger partial charge in [-0.15, -0.1) is 0 Å². The zero-order valence-corrected chi connectivity index (χ0v) is 23.7. The summed E-state index contributed by atoms with van der Waals surface area (Å²) < 4.78 is 12.2. The van der Waals surface area contributed by atoms with Crippen molar-refractivity contribution in [2.75, 3.05) is 50.8 Å². The van der Waals surface area contributed by atoms with E-state index < -0.39 is 5.97 Å². The molecule has 8 heteroatoms. The van der Waals surface area contributed by atoms with Crippen LogP contribution in [0.1, 0.15) is 28.7 Å². The van der Waals surface area contributed by atoms with Crippen molar-refractivity contribution in [3.63, 3.8) is 0 Å². The smallest absolute Gasteiger partial charge is 0.150 e. The van der Waals surface area contributed by atoms with Crippen molar-refractivity contribution in [1.82, 2.24) is 9.27 Å². The van der Waals surface area contributed by atoms with Crippen LogP contribution in [0.2, 0.25) is 0 Å². The number of para-hydroxylation sites is 1. The van der Waals surface area contributed by atoms with E-state index >= 15 is 0 Å². The van der Waals surface area contributed by atoms with E-state index in [0.29, 0.717) is 19.6 Å². The number of ether oxygens (including phenoxy) is 1. The molecule has 0 bridgehead atoms. The molecular formula is C32H37N4O3S-. The third-order valence-corrected chi connectivity index (χ3v) is 8.33. The largest absolute Gasteiger partial charge is 0.550 e. The highest BCUT2D eigenvalue weighted by Crippen LogP contribution is 2.30. The van der Waals surface area contributed by atoms with E-state index in [-0.39, 0.29) is 6.42 Å². The van der Waals surface area contributed by atoms with E-state index in [2.05, 4.69) is 70.5 Å². The number of hydrogen-bond donors (Lipinski definition) is 1. The van der Waals surface area contributed by atoms with E-state index in [4.69, 9.17) is 14.8 Å². The van der Waals surface area contributed by atoms with E-state index in [1.165, 1.54) is 21.2 Å². The average Bonchev–Trinajstić information content (AvgIpc) is 3.40. The summed E-state index contributed by atoms with van der Waals surface area (Å²) in [5.41, 5.74) is 10.3. The highest BCUT2D eigenvalue weighted by molar-refractivity contribution is 7.13. The van der Waals surface area contributed by atoms with E-state index in [1.54, 1.807) is 11.5 Å². The van der Waals surface area contributed by atoms with Gasteiger partial charge in [0.1, 0.15) is 18.2 Å². The molecule has 0 unspecified atom stereocenters. The van der Waals surface area contributed by atoms with Gasteiger partial charge in [0.25, 0.3) is 0 Å². The van der Waals surface area contributed by atoms with E-state index in [9.17, 15) is 9.90 Å². The number of nitrogens with zero attached hydrogens (tertiary/aromatic N) is 3. The Balaban J connectivity index is 1.12. The van der Waals surface area contributed by atoms with Crippen LogP contribution in [0.15, 0.2) is 66.7 Å². The van der Waals surface area contributed by atoms with Crippen LogP contribution >= 0.6 is 11.5 Å². The van der Waals surface area contributed by atoms with Crippen LogP contribution in [0.4, 0.5) is 5.82 Å². The first-order valence-corrected chi connectivity index (χ1v) is 14.9. The average molecular weight is 558 g/mol. The standard InChI is InChI=1S/C32H38N4O3S/c33-14-13-26-22-24(21-25(23-26)10-12-31(37)38)9-11-27-5-1-3-7-29(27)39-20-19-35-15-17-36(18-16-35)32-28-6-2-4-8-30(28)40-34-32/h1-8,21-23H,9-20,33H2,(H,37,38)/p-1. The van der Waals surface area contributed by atoms with Gasteiger partial charge >= 0.3 is 0 Å². The summed E-state index contributed by atoms with van der Waals surface area (Å²) in [7, 11) is 0. The molecule has 1 saturated heterocycles. The second-order valence-electron chi connectivity index (χ2n) is 10.4. The summed E-state index contributed by atoms with van der Waals surface area (Å²) in [5.74, 6) is 1.03. The van der Waals surface area contributed by atoms with Gasteiger partial charge < -0.3 is 25.3 Å². The quantitative estimate of drug-likeness (QED) is 0.269. The molecule has 2 heterocycles. The summed E-state index contributed by atoms with van der Waals surface area (Å²) in [6.45, 7) is 6.04. The molecule has 1 aromatic heterocycles. The van der Waals surface area contributed by atoms with Gasteiger partial charge in [-0.2, -0.15) is 4.37 Å². The lowest BCUT2D eigenvalue weighted by Crippen LogP contribution is -2.47. The number of aromatic nitrogens is 1. The van der Waals surface area contributed by atoms with Crippen LogP contribution < -0.4 is 20.5 Å². The molecule has 0 radical (unpaired) electrons. The number of hydrogen-bond acceptors (Lipinski definition) is 8. The molecule has 0 saturated carbocycles. The molecule has 4 aromatic rings. The van der Waals surface area contributed by atoms with Gasteiger partial charge in [0.05, 0.1) is 4.70 Å². The number of benzene rings is 3. The lowest BCUT2D eigenvalue weighted by Gasteiger charge is -2.35. The molecule has 210 valence electrons. The third kappa shape index (κ3) is 7.38. The molecule has 40 heavy (non-hydrogen) atoms. The number of anilines is 1. The van der Waals surface area contributed by atoms with Crippen molar-refractivity contribution < 1.29 is 14.6 Å². The topological polar surface area (TPSA) is 94.8 Å². The van der Waals surface area contributed by atoms with Crippen LogP contribution in [0.3, 0.4) is 0 Å². The number of aryl methyl sites for hydroxylation is 3. The molecule has 2 N–H and O–H groups in total. The minimum absolute atomic E-state index is 0.0268. The van der Waals surface area contributed by atoms with E-state index in [0.717, 1.165) is 74.7 Å². The molecule has 0 amide bonds. The van der Waals surface area contributed by atoms with Gasteiger partial charge in [-0.3, -0.25) is 4.90 Å². The zero-order chi connectivity index (χ0) is 27.7.